The van der Waals surface area contributed by atoms with Crippen molar-refractivity contribution in [1.29, 1.82) is 0 Å². The van der Waals surface area contributed by atoms with E-state index in [9.17, 15) is 14.4 Å². The van der Waals surface area contributed by atoms with Crippen LogP contribution < -0.4 is 4.90 Å². The third-order valence-electron chi connectivity index (χ3n) is 9.62. The number of anilines is 1. The zero-order valence-corrected chi connectivity index (χ0v) is 31.8. The largest absolute Gasteiger partial charge is 0.444 e. The van der Waals surface area contributed by atoms with Gasteiger partial charge in [-0.2, -0.15) is 5.10 Å². The number of morpholine rings is 2. The SMILES string of the molecule is CC#Cc1nc(C(=O)N2CCOC3(CCN(C(=O)OC(C)(C)C)CC3)C2)c(-n2cc(N3CCOC4(CCN(C(=O)OC(C)(C)C)CC4)C3)cn2)s1. The molecule has 0 bridgehead atoms. The molecule has 6 rings (SSSR count). The summed E-state index contributed by atoms with van der Waals surface area (Å²) in [6.45, 7) is 18.3. The molecule has 51 heavy (non-hydrogen) atoms. The highest BCUT2D eigenvalue weighted by atomic mass is 32.1. The molecule has 4 saturated heterocycles. The number of piperidine rings is 2. The summed E-state index contributed by atoms with van der Waals surface area (Å²) in [5.41, 5.74) is -0.783. The maximum absolute atomic E-state index is 14.2. The Kier molecular flexibility index (Phi) is 10.3. The summed E-state index contributed by atoms with van der Waals surface area (Å²) >= 11 is 1.34. The molecular formula is C36H51N7O7S. The molecule has 0 saturated carbocycles. The standard InChI is InChI=1S/C36H51N7O7S/c1-8-9-27-38-28(29(44)42-19-21-48-36(25-42)12-16-40(17-13-36)32(46)50-34(5,6)7)30(51-27)43-23-26(22-37-43)41-18-20-47-35(24-41)10-14-39(15-11-35)31(45)49-33(2,3)4/h22-23H,10-21,24-25H2,1-7H3. The molecule has 14 nitrogen and oxygen atoms in total. The van der Waals surface area contributed by atoms with E-state index in [0.717, 1.165) is 5.69 Å². The average Bonchev–Trinajstić information content (AvgIpc) is 3.72. The topological polar surface area (TPSA) is 132 Å². The van der Waals surface area contributed by atoms with Gasteiger partial charge in [0.1, 0.15) is 11.2 Å². The van der Waals surface area contributed by atoms with Gasteiger partial charge in [0.2, 0.25) is 0 Å². The van der Waals surface area contributed by atoms with E-state index >= 15 is 0 Å². The summed E-state index contributed by atoms with van der Waals surface area (Å²) in [5, 5.41) is 5.86. The molecule has 0 N–H and O–H groups in total. The number of hydrogen-bond donors (Lipinski definition) is 0. The lowest BCUT2D eigenvalue weighted by atomic mass is 9.89. The zero-order chi connectivity index (χ0) is 36.6. The molecular weight excluding hydrogens is 675 g/mol. The van der Waals surface area contributed by atoms with E-state index in [1.54, 1.807) is 21.4 Å². The number of nitrogens with zero attached hydrogens (tertiary/aromatic N) is 7. The van der Waals surface area contributed by atoms with Gasteiger partial charge in [0.05, 0.1) is 49.0 Å². The van der Waals surface area contributed by atoms with Crippen molar-refractivity contribution in [3.63, 3.8) is 0 Å². The van der Waals surface area contributed by atoms with Crippen LogP contribution in [0.5, 0.6) is 0 Å². The first kappa shape index (κ1) is 36.9. The number of ether oxygens (including phenoxy) is 4. The number of hydrogen-bond acceptors (Lipinski definition) is 11. The average molecular weight is 726 g/mol. The minimum Gasteiger partial charge on any atom is -0.444 e. The number of likely N-dealkylation sites (tertiary alicyclic amines) is 2. The molecule has 4 aliphatic rings. The molecule has 0 atom stereocenters. The minimum atomic E-state index is -0.564. The molecule has 278 valence electrons. The van der Waals surface area contributed by atoms with Gasteiger partial charge in [0.25, 0.3) is 5.91 Å². The Bertz CT molecular complexity index is 1660. The van der Waals surface area contributed by atoms with Crippen molar-refractivity contribution >= 4 is 35.1 Å². The summed E-state index contributed by atoms with van der Waals surface area (Å²) in [7, 11) is 0. The molecule has 15 heteroatoms. The van der Waals surface area contributed by atoms with Crippen LogP contribution in [0, 0.1) is 11.8 Å². The maximum Gasteiger partial charge on any atom is 0.410 e. The smallest absolute Gasteiger partial charge is 0.410 e. The van der Waals surface area contributed by atoms with E-state index in [2.05, 4.69) is 16.7 Å². The van der Waals surface area contributed by atoms with Crippen LogP contribution in [0.1, 0.15) is 89.6 Å². The zero-order valence-electron chi connectivity index (χ0n) is 31.0. The molecule has 6 heterocycles. The minimum absolute atomic E-state index is 0.193. The van der Waals surface area contributed by atoms with Gasteiger partial charge in [-0.05, 0) is 80.1 Å². The van der Waals surface area contributed by atoms with Crippen LogP contribution >= 0.6 is 11.3 Å². The molecule has 3 amide bonds. The van der Waals surface area contributed by atoms with Crippen LogP contribution in [0.15, 0.2) is 12.4 Å². The van der Waals surface area contributed by atoms with Crippen LogP contribution in [0.25, 0.3) is 5.00 Å². The van der Waals surface area contributed by atoms with E-state index < -0.39 is 16.8 Å². The predicted molar refractivity (Wildman–Crippen MR) is 191 cm³/mol. The predicted octanol–water partition coefficient (Wildman–Crippen LogP) is 4.55. The second-order valence-corrected chi connectivity index (χ2v) is 16.8. The second-order valence-electron chi connectivity index (χ2n) is 15.8. The van der Waals surface area contributed by atoms with E-state index in [4.69, 9.17) is 29.0 Å². The number of carbonyl (C=O) groups is 3. The van der Waals surface area contributed by atoms with Crippen LogP contribution in [0.4, 0.5) is 15.3 Å². The lowest BCUT2D eigenvalue weighted by Crippen LogP contribution is -2.58. The van der Waals surface area contributed by atoms with Gasteiger partial charge in [0, 0.05) is 45.8 Å². The van der Waals surface area contributed by atoms with Gasteiger partial charge in [0.15, 0.2) is 15.7 Å². The third-order valence-corrected chi connectivity index (χ3v) is 10.6. The van der Waals surface area contributed by atoms with Crippen molar-refractivity contribution in [2.24, 2.45) is 0 Å². The Morgan fingerprint density at radius 3 is 1.90 bits per heavy atom. The molecule has 2 aromatic rings. The van der Waals surface area contributed by atoms with Crippen LogP contribution in [-0.4, -0.2) is 136 Å². The van der Waals surface area contributed by atoms with E-state index in [1.165, 1.54) is 11.3 Å². The highest BCUT2D eigenvalue weighted by molar-refractivity contribution is 7.15. The molecule has 0 radical (unpaired) electrons. The highest BCUT2D eigenvalue weighted by Crippen LogP contribution is 2.35. The van der Waals surface area contributed by atoms with Crippen LogP contribution in [0.2, 0.25) is 0 Å². The van der Waals surface area contributed by atoms with Gasteiger partial charge < -0.3 is 38.5 Å². The number of amides is 3. The lowest BCUT2D eigenvalue weighted by molar-refractivity contribution is -0.126. The number of rotatable bonds is 3. The number of thiazole rings is 1. The summed E-state index contributed by atoms with van der Waals surface area (Å²) < 4.78 is 25.5. The molecule has 4 aliphatic heterocycles. The van der Waals surface area contributed by atoms with Crippen LogP contribution in [0.3, 0.4) is 0 Å². The van der Waals surface area contributed by atoms with Gasteiger partial charge >= 0.3 is 12.2 Å². The third kappa shape index (κ3) is 8.61. The van der Waals surface area contributed by atoms with Crippen LogP contribution in [-0.2, 0) is 18.9 Å². The van der Waals surface area contributed by atoms with Gasteiger partial charge in [-0.15, -0.1) is 0 Å². The molecule has 0 aromatic carbocycles. The molecule has 0 unspecified atom stereocenters. The second kappa shape index (κ2) is 14.3. The first-order valence-electron chi connectivity index (χ1n) is 17.8. The molecule has 2 aromatic heterocycles. The lowest BCUT2D eigenvalue weighted by Gasteiger charge is -2.47. The fraction of sp³-hybridized carbons (Fsp3) is 0.694. The summed E-state index contributed by atoms with van der Waals surface area (Å²) in [4.78, 5) is 51.8. The number of aromatic nitrogens is 3. The molecule has 4 fully saturated rings. The van der Waals surface area contributed by atoms with E-state index in [1.807, 2.05) is 58.8 Å². The van der Waals surface area contributed by atoms with E-state index in [0.29, 0.717) is 107 Å². The number of carbonyl (C=O) groups excluding carboxylic acids is 3. The van der Waals surface area contributed by atoms with Crippen molar-refractivity contribution in [3.05, 3.63) is 23.1 Å². The fourth-order valence-corrected chi connectivity index (χ4v) is 7.94. The quantitative estimate of drug-likeness (QED) is 0.416. The van der Waals surface area contributed by atoms with Gasteiger partial charge in [-0.25, -0.2) is 19.3 Å². The van der Waals surface area contributed by atoms with Gasteiger partial charge in [-0.1, -0.05) is 17.3 Å². The first-order valence-corrected chi connectivity index (χ1v) is 18.6. The van der Waals surface area contributed by atoms with Crippen molar-refractivity contribution < 1.29 is 33.3 Å². The Labute approximate surface area is 304 Å². The highest BCUT2D eigenvalue weighted by Gasteiger charge is 2.44. The normalized spacial score (nSPS) is 20.6. The Balaban J connectivity index is 1.13. The van der Waals surface area contributed by atoms with Gasteiger partial charge in [-0.3, -0.25) is 4.79 Å². The fourth-order valence-electron chi connectivity index (χ4n) is 7.04. The van der Waals surface area contributed by atoms with Crippen molar-refractivity contribution in [2.45, 2.75) is 96.6 Å². The summed E-state index contributed by atoms with van der Waals surface area (Å²) in [6.07, 6.45) is 5.78. The Morgan fingerprint density at radius 2 is 1.35 bits per heavy atom. The first-order chi connectivity index (χ1) is 24.1. The molecule has 2 spiro atoms. The molecule has 0 aliphatic carbocycles. The maximum atomic E-state index is 14.2. The van der Waals surface area contributed by atoms with E-state index in [-0.39, 0.29) is 23.7 Å². The monoisotopic (exact) mass is 725 g/mol. The summed E-state index contributed by atoms with van der Waals surface area (Å²) in [6, 6.07) is 0. The summed E-state index contributed by atoms with van der Waals surface area (Å²) in [5.74, 6) is 5.74. The van der Waals surface area contributed by atoms with Crippen molar-refractivity contribution in [1.82, 2.24) is 29.5 Å². The Hall–Kier alpha value is -3.87. The Morgan fingerprint density at radius 1 is 0.804 bits per heavy atom. The van der Waals surface area contributed by atoms with Crippen molar-refractivity contribution in [2.75, 3.05) is 70.5 Å². The van der Waals surface area contributed by atoms with Crippen molar-refractivity contribution in [3.8, 4) is 16.8 Å².